The first-order chi connectivity index (χ1) is 9.10. The Bertz CT molecular complexity index is 260. The van der Waals surface area contributed by atoms with E-state index in [0.717, 1.165) is 11.8 Å². The molecule has 1 aliphatic carbocycles. The van der Waals surface area contributed by atoms with Crippen molar-refractivity contribution in [2.24, 2.45) is 11.8 Å². The molecule has 0 aromatic rings. The van der Waals surface area contributed by atoms with E-state index in [4.69, 9.17) is 0 Å². The van der Waals surface area contributed by atoms with E-state index < -0.39 is 0 Å². The molecule has 0 aromatic carbocycles. The molecular formula is C17H34N2. The summed E-state index contributed by atoms with van der Waals surface area (Å²) in [5.74, 6) is 1.84. The summed E-state index contributed by atoms with van der Waals surface area (Å²) in [7, 11) is 0. The van der Waals surface area contributed by atoms with E-state index in [1.807, 2.05) is 0 Å². The summed E-state index contributed by atoms with van der Waals surface area (Å²) in [5.41, 5.74) is 0.426. The van der Waals surface area contributed by atoms with Gasteiger partial charge in [0.1, 0.15) is 0 Å². The molecule has 0 radical (unpaired) electrons. The SMILES string of the molecule is CC(C)CCCCCCN1CCNC(C)(C2CC2)C1. The minimum atomic E-state index is 0.426. The summed E-state index contributed by atoms with van der Waals surface area (Å²) in [4.78, 5) is 2.71. The smallest absolute Gasteiger partial charge is 0.0309 e. The van der Waals surface area contributed by atoms with E-state index >= 15 is 0 Å². The zero-order valence-corrected chi connectivity index (χ0v) is 13.4. The average molecular weight is 266 g/mol. The van der Waals surface area contributed by atoms with Crippen molar-refractivity contribution in [3.8, 4) is 0 Å². The number of nitrogens with one attached hydrogen (secondary N) is 1. The van der Waals surface area contributed by atoms with Crippen molar-refractivity contribution in [3.05, 3.63) is 0 Å². The van der Waals surface area contributed by atoms with E-state index in [1.165, 1.54) is 71.1 Å². The number of hydrogen-bond acceptors (Lipinski definition) is 2. The molecule has 19 heavy (non-hydrogen) atoms. The molecule has 112 valence electrons. The molecule has 2 rings (SSSR count). The van der Waals surface area contributed by atoms with Gasteiger partial charge in [0.2, 0.25) is 0 Å². The maximum absolute atomic E-state index is 3.77. The van der Waals surface area contributed by atoms with Crippen LogP contribution in [-0.2, 0) is 0 Å². The van der Waals surface area contributed by atoms with Crippen LogP contribution in [0.3, 0.4) is 0 Å². The molecule has 2 heteroatoms. The third kappa shape index (κ3) is 5.07. The molecule has 1 saturated heterocycles. The van der Waals surface area contributed by atoms with Crippen LogP contribution in [0, 0.1) is 11.8 Å². The molecule has 0 aromatic heterocycles. The second-order valence-corrected chi connectivity index (χ2v) is 7.49. The summed E-state index contributed by atoms with van der Waals surface area (Å²) in [6, 6.07) is 0. The van der Waals surface area contributed by atoms with Crippen LogP contribution in [0.1, 0.15) is 65.7 Å². The zero-order valence-electron chi connectivity index (χ0n) is 13.4. The van der Waals surface area contributed by atoms with Crippen LogP contribution < -0.4 is 5.32 Å². The van der Waals surface area contributed by atoms with Gasteiger partial charge >= 0.3 is 0 Å². The van der Waals surface area contributed by atoms with Crippen molar-refractivity contribution >= 4 is 0 Å². The van der Waals surface area contributed by atoms with Gasteiger partial charge in [-0.05, 0) is 44.6 Å². The van der Waals surface area contributed by atoms with Gasteiger partial charge in [0, 0.05) is 25.2 Å². The van der Waals surface area contributed by atoms with Crippen LogP contribution in [-0.4, -0.2) is 36.6 Å². The molecule has 1 heterocycles. The highest BCUT2D eigenvalue weighted by Gasteiger charge is 2.43. The Hall–Kier alpha value is -0.0800. The summed E-state index contributed by atoms with van der Waals surface area (Å²) in [6.07, 6.45) is 10.0. The fraction of sp³-hybridized carbons (Fsp3) is 1.00. The molecule has 0 bridgehead atoms. The van der Waals surface area contributed by atoms with Crippen LogP contribution in [0.4, 0.5) is 0 Å². The number of hydrogen-bond donors (Lipinski definition) is 1. The van der Waals surface area contributed by atoms with E-state index in [0.29, 0.717) is 5.54 Å². The highest BCUT2D eigenvalue weighted by atomic mass is 15.2. The standard InChI is InChI=1S/C17H34N2/c1-15(2)8-6-4-5-7-12-19-13-11-18-17(3,14-19)16-9-10-16/h15-16,18H,4-14H2,1-3H3. The summed E-state index contributed by atoms with van der Waals surface area (Å²) < 4.78 is 0. The third-order valence-electron chi connectivity index (χ3n) is 4.99. The van der Waals surface area contributed by atoms with E-state index in [2.05, 4.69) is 31.0 Å². The van der Waals surface area contributed by atoms with Gasteiger partial charge in [0.15, 0.2) is 0 Å². The molecule has 1 N–H and O–H groups in total. The third-order valence-corrected chi connectivity index (χ3v) is 4.99. The van der Waals surface area contributed by atoms with E-state index in [-0.39, 0.29) is 0 Å². The van der Waals surface area contributed by atoms with Gasteiger partial charge in [-0.15, -0.1) is 0 Å². The first kappa shape index (κ1) is 15.3. The lowest BCUT2D eigenvalue weighted by Gasteiger charge is -2.42. The topological polar surface area (TPSA) is 15.3 Å². The fourth-order valence-electron chi connectivity index (χ4n) is 3.53. The Balaban J connectivity index is 1.55. The molecule has 0 amide bonds. The monoisotopic (exact) mass is 266 g/mol. The lowest BCUT2D eigenvalue weighted by Crippen LogP contribution is -2.60. The zero-order chi connectivity index (χ0) is 13.7. The molecule has 0 spiro atoms. The normalized spacial score (nSPS) is 29.1. The maximum Gasteiger partial charge on any atom is 0.0309 e. The Labute approximate surface area is 120 Å². The fourth-order valence-corrected chi connectivity index (χ4v) is 3.53. The predicted molar refractivity (Wildman–Crippen MR) is 83.5 cm³/mol. The minimum absolute atomic E-state index is 0.426. The number of unbranched alkanes of at least 4 members (excludes halogenated alkanes) is 3. The van der Waals surface area contributed by atoms with Gasteiger partial charge in [0.05, 0.1) is 0 Å². The largest absolute Gasteiger partial charge is 0.309 e. The molecule has 1 atom stereocenters. The van der Waals surface area contributed by atoms with Crippen LogP contribution in [0.15, 0.2) is 0 Å². The van der Waals surface area contributed by atoms with Crippen molar-refractivity contribution < 1.29 is 0 Å². The highest BCUT2D eigenvalue weighted by Crippen LogP contribution is 2.40. The van der Waals surface area contributed by atoms with Gasteiger partial charge in [-0.25, -0.2) is 0 Å². The summed E-state index contributed by atoms with van der Waals surface area (Å²) >= 11 is 0. The molecule has 2 aliphatic rings. The molecular weight excluding hydrogens is 232 g/mol. The van der Waals surface area contributed by atoms with Crippen LogP contribution in [0.5, 0.6) is 0 Å². The Morgan fingerprint density at radius 2 is 1.89 bits per heavy atom. The molecule has 2 nitrogen and oxygen atoms in total. The van der Waals surface area contributed by atoms with E-state index in [9.17, 15) is 0 Å². The first-order valence-electron chi connectivity index (χ1n) is 8.57. The number of rotatable bonds is 8. The van der Waals surface area contributed by atoms with Crippen molar-refractivity contribution in [1.82, 2.24) is 10.2 Å². The van der Waals surface area contributed by atoms with Crippen molar-refractivity contribution in [3.63, 3.8) is 0 Å². The van der Waals surface area contributed by atoms with Gasteiger partial charge in [0.25, 0.3) is 0 Å². The van der Waals surface area contributed by atoms with Crippen molar-refractivity contribution in [1.29, 1.82) is 0 Å². The lowest BCUT2D eigenvalue weighted by atomic mass is 9.93. The second kappa shape index (κ2) is 7.08. The van der Waals surface area contributed by atoms with Gasteiger partial charge < -0.3 is 10.2 Å². The van der Waals surface area contributed by atoms with Crippen LogP contribution in [0.2, 0.25) is 0 Å². The van der Waals surface area contributed by atoms with Crippen LogP contribution in [0.25, 0.3) is 0 Å². The van der Waals surface area contributed by atoms with E-state index in [1.54, 1.807) is 0 Å². The second-order valence-electron chi connectivity index (χ2n) is 7.49. The first-order valence-corrected chi connectivity index (χ1v) is 8.57. The molecule has 1 saturated carbocycles. The maximum atomic E-state index is 3.77. The summed E-state index contributed by atoms with van der Waals surface area (Å²) in [5, 5.41) is 3.77. The van der Waals surface area contributed by atoms with Crippen molar-refractivity contribution in [2.45, 2.75) is 71.3 Å². The van der Waals surface area contributed by atoms with Gasteiger partial charge in [-0.3, -0.25) is 0 Å². The minimum Gasteiger partial charge on any atom is -0.309 e. The van der Waals surface area contributed by atoms with Gasteiger partial charge in [-0.1, -0.05) is 39.5 Å². The van der Waals surface area contributed by atoms with Gasteiger partial charge in [-0.2, -0.15) is 0 Å². The Morgan fingerprint density at radius 1 is 1.16 bits per heavy atom. The highest BCUT2D eigenvalue weighted by molar-refractivity contribution is 5.01. The quantitative estimate of drug-likeness (QED) is 0.674. The van der Waals surface area contributed by atoms with Crippen molar-refractivity contribution in [2.75, 3.05) is 26.2 Å². The molecule has 1 aliphatic heterocycles. The lowest BCUT2D eigenvalue weighted by molar-refractivity contribution is 0.125. The molecule has 2 fully saturated rings. The summed E-state index contributed by atoms with van der Waals surface area (Å²) in [6.45, 7) is 12.2. The molecule has 1 unspecified atom stereocenters. The number of piperazine rings is 1. The Morgan fingerprint density at radius 3 is 2.58 bits per heavy atom. The number of nitrogens with zero attached hydrogens (tertiary/aromatic N) is 1. The van der Waals surface area contributed by atoms with Crippen LogP contribution >= 0.6 is 0 Å². The predicted octanol–water partition coefficient (Wildman–Crippen LogP) is 3.67. The Kier molecular flexibility index (Phi) is 5.70. The average Bonchev–Trinajstić information content (AvgIpc) is 3.18.